The summed E-state index contributed by atoms with van der Waals surface area (Å²) in [5, 5.41) is 11.4. The summed E-state index contributed by atoms with van der Waals surface area (Å²) in [6.45, 7) is 4.21. The Morgan fingerprint density at radius 2 is 1.96 bits per heavy atom. The summed E-state index contributed by atoms with van der Waals surface area (Å²) in [5.41, 5.74) is 2.75. The Bertz CT molecular complexity index is 958. The predicted molar refractivity (Wildman–Crippen MR) is 119 cm³/mol. The second-order valence-corrected chi connectivity index (χ2v) is 8.50. The molecular formula is C20H20IN3O3S. The number of hydrogen-bond acceptors (Lipinski definition) is 6. The molecule has 0 saturated carbocycles. The summed E-state index contributed by atoms with van der Waals surface area (Å²) in [6, 6.07) is 13.4. The van der Waals surface area contributed by atoms with Crippen molar-refractivity contribution in [3.63, 3.8) is 0 Å². The topological polar surface area (TPSA) is 77.2 Å². The smallest absolute Gasteiger partial charge is 0.277 e. The van der Waals surface area contributed by atoms with Gasteiger partial charge in [-0.15, -0.1) is 10.2 Å². The molecule has 6 nitrogen and oxygen atoms in total. The van der Waals surface area contributed by atoms with Crippen molar-refractivity contribution in [3.05, 3.63) is 51.6 Å². The van der Waals surface area contributed by atoms with Gasteiger partial charge < -0.3 is 14.5 Å². The number of rotatable bonds is 7. The Kier molecular flexibility index (Phi) is 6.95. The number of benzene rings is 2. The minimum atomic E-state index is -0.114. The number of nitrogens with one attached hydrogen (secondary N) is 1. The van der Waals surface area contributed by atoms with E-state index in [0.717, 1.165) is 26.1 Å². The third-order valence-corrected chi connectivity index (χ3v) is 5.47. The predicted octanol–water partition coefficient (Wildman–Crippen LogP) is 5.20. The number of amides is 1. The zero-order valence-corrected chi connectivity index (χ0v) is 18.7. The molecule has 1 amide bonds. The van der Waals surface area contributed by atoms with Crippen LogP contribution in [0.1, 0.15) is 25.3 Å². The number of nitrogens with zero attached hydrogens (tertiary/aromatic N) is 2. The van der Waals surface area contributed by atoms with Crippen LogP contribution in [-0.4, -0.2) is 29.0 Å². The highest BCUT2D eigenvalue weighted by Crippen LogP contribution is 2.28. The third-order valence-electron chi connectivity index (χ3n) is 3.98. The van der Waals surface area contributed by atoms with Crippen LogP contribution in [-0.2, 0) is 4.79 Å². The average Bonchev–Trinajstić information content (AvgIpc) is 3.17. The van der Waals surface area contributed by atoms with E-state index in [9.17, 15) is 4.79 Å². The van der Waals surface area contributed by atoms with Gasteiger partial charge in [0.1, 0.15) is 5.75 Å². The molecular weight excluding hydrogens is 489 g/mol. The highest BCUT2D eigenvalue weighted by atomic mass is 127. The van der Waals surface area contributed by atoms with Crippen molar-refractivity contribution >= 4 is 45.9 Å². The number of aromatic nitrogens is 2. The van der Waals surface area contributed by atoms with E-state index < -0.39 is 0 Å². The van der Waals surface area contributed by atoms with E-state index in [1.165, 1.54) is 11.8 Å². The van der Waals surface area contributed by atoms with Crippen molar-refractivity contribution in [1.29, 1.82) is 0 Å². The second kappa shape index (κ2) is 9.42. The van der Waals surface area contributed by atoms with Crippen LogP contribution in [0, 0.1) is 3.57 Å². The SMILES string of the molecule is COc1ccc(-c2nnc(SCC(=O)Nc3ccc(I)cc3C(C)C)o2)cc1. The molecule has 0 unspecified atom stereocenters. The Balaban J connectivity index is 1.60. The lowest BCUT2D eigenvalue weighted by Crippen LogP contribution is -2.15. The summed E-state index contributed by atoms with van der Waals surface area (Å²) in [6.07, 6.45) is 0. The third kappa shape index (κ3) is 5.26. The number of halogens is 1. The maximum atomic E-state index is 12.4. The molecule has 28 heavy (non-hydrogen) atoms. The molecule has 1 N–H and O–H groups in total. The van der Waals surface area contributed by atoms with Crippen molar-refractivity contribution in [3.8, 4) is 17.2 Å². The Labute approximate surface area is 181 Å². The summed E-state index contributed by atoms with van der Waals surface area (Å²) in [7, 11) is 1.61. The van der Waals surface area contributed by atoms with Gasteiger partial charge in [0.2, 0.25) is 11.8 Å². The van der Waals surface area contributed by atoms with Gasteiger partial charge >= 0.3 is 0 Å². The average molecular weight is 509 g/mol. The van der Waals surface area contributed by atoms with Crippen molar-refractivity contribution in [2.24, 2.45) is 0 Å². The molecule has 8 heteroatoms. The van der Waals surface area contributed by atoms with E-state index in [-0.39, 0.29) is 11.7 Å². The van der Waals surface area contributed by atoms with Gasteiger partial charge in [0.25, 0.3) is 5.22 Å². The molecule has 0 spiro atoms. The lowest BCUT2D eigenvalue weighted by molar-refractivity contribution is -0.113. The number of anilines is 1. The van der Waals surface area contributed by atoms with Crippen molar-refractivity contribution in [2.75, 3.05) is 18.2 Å². The van der Waals surface area contributed by atoms with Crippen LogP contribution in [0.25, 0.3) is 11.5 Å². The second-order valence-electron chi connectivity index (χ2n) is 6.32. The van der Waals surface area contributed by atoms with Gasteiger partial charge in [-0.05, 0) is 76.5 Å². The first-order valence-corrected chi connectivity index (χ1v) is 10.7. The molecule has 146 valence electrons. The van der Waals surface area contributed by atoms with E-state index in [1.807, 2.05) is 36.4 Å². The lowest BCUT2D eigenvalue weighted by atomic mass is 10.0. The summed E-state index contributed by atoms with van der Waals surface area (Å²) in [4.78, 5) is 12.4. The van der Waals surface area contributed by atoms with Crippen molar-refractivity contribution < 1.29 is 13.9 Å². The van der Waals surface area contributed by atoms with Crippen LogP contribution >= 0.6 is 34.4 Å². The molecule has 0 radical (unpaired) electrons. The van der Waals surface area contributed by atoms with Gasteiger partial charge in [-0.1, -0.05) is 25.6 Å². The van der Waals surface area contributed by atoms with Crippen LogP contribution in [0.2, 0.25) is 0 Å². The molecule has 0 fully saturated rings. The first-order chi connectivity index (χ1) is 13.5. The molecule has 0 bridgehead atoms. The zero-order valence-electron chi connectivity index (χ0n) is 15.7. The molecule has 1 aromatic heterocycles. The van der Waals surface area contributed by atoms with Gasteiger partial charge in [0.05, 0.1) is 12.9 Å². The zero-order chi connectivity index (χ0) is 20.1. The monoisotopic (exact) mass is 509 g/mol. The molecule has 0 atom stereocenters. The van der Waals surface area contributed by atoms with Crippen LogP contribution < -0.4 is 10.1 Å². The first kappa shape index (κ1) is 20.7. The highest BCUT2D eigenvalue weighted by molar-refractivity contribution is 14.1. The molecule has 3 rings (SSSR count). The molecule has 0 aliphatic rings. The quantitative estimate of drug-likeness (QED) is 0.349. The van der Waals surface area contributed by atoms with Crippen LogP contribution in [0.15, 0.2) is 52.1 Å². The number of hydrogen-bond donors (Lipinski definition) is 1. The van der Waals surface area contributed by atoms with Gasteiger partial charge in [0.15, 0.2) is 0 Å². The van der Waals surface area contributed by atoms with E-state index >= 15 is 0 Å². The molecule has 0 saturated heterocycles. The van der Waals surface area contributed by atoms with Gasteiger partial charge in [-0.25, -0.2) is 0 Å². The molecule has 3 aromatic rings. The van der Waals surface area contributed by atoms with E-state index in [2.05, 4.69) is 58.0 Å². The molecule has 0 aliphatic carbocycles. The van der Waals surface area contributed by atoms with Gasteiger partial charge in [0, 0.05) is 14.8 Å². The van der Waals surface area contributed by atoms with E-state index in [0.29, 0.717) is 17.0 Å². The largest absolute Gasteiger partial charge is 0.497 e. The number of methoxy groups -OCH3 is 1. The van der Waals surface area contributed by atoms with Crippen LogP contribution in [0.5, 0.6) is 5.75 Å². The minimum absolute atomic E-state index is 0.114. The number of carbonyl (C=O) groups excluding carboxylic acids is 1. The normalized spacial score (nSPS) is 10.9. The number of thioether (sulfide) groups is 1. The fraction of sp³-hybridized carbons (Fsp3) is 0.250. The number of carbonyl (C=O) groups is 1. The fourth-order valence-corrected chi connectivity index (χ4v) is 3.64. The summed E-state index contributed by atoms with van der Waals surface area (Å²) < 4.78 is 11.9. The fourth-order valence-electron chi connectivity index (χ4n) is 2.56. The lowest BCUT2D eigenvalue weighted by Gasteiger charge is -2.14. The number of ether oxygens (including phenoxy) is 1. The van der Waals surface area contributed by atoms with Crippen LogP contribution in [0.3, 0.4) is 0 Å². The highest BCUT2D eigenvalue weighted by Gasteiger charge is 2.14. The minimum Gasteiger partial charge on any atom is -0.497 e. The van der Waals surface area contributed by atoms with Gasteiger partial charge in [-0.3, -0.25) is 4.79 Å². The van der Waals surface area contributed by atoms with Gasteiger partial charge in [-0.2, -0.15) is 0 Å². The maximum absolute atomic E-state index is 12.4. The Morgan fingerprint density at radius 1 is 1.21 bits per heavy atom. The standard InChI is InChI=1S/C20H20IN3O3S/c1-12(2)16-10-14(21)6-9-17(16)22-18(25)11-28-20-24-23-19(27-20)13-4-7-15(26-3)8-5-13/h4-10,12H,11H2,1-3H3,(H,22,25). The van der Waals surface area contributed by atoms with E-state index in [4.69, 9.17) is 9.15 Å². The van der Waals surface area contributed by atoms with Crippen molar-refractivity contribution in [2.45, 2.75) is 25.0 Å². The first-order valence-electron chi connectivity index (χ1n) is 8.66. The molecule has 1 heterocycles. The summed E-state index contributed by atoms with van der Waals surface area (Å²) in [5.74, 6) is 1.56. The van der Waals surface area contributed by atoms with Crippen molar-refractivity contribution in [1.82, 2.24) is 10.2 Å². The van der Waals surface area contributed by atoms with Crippen LogP contribution in [0.4, 0.5) is 5.69 Å². The maximum Gasteiger partial charge on any atom is 0.277 e. The van der Waals surface area contributed by atoms with E-state index in [1.54, 1.807) is 7.11 Å². The Morgan fingerprint density at radius 3 is 2.64 bits per heavy atom. The molecule has 0 aliphatic heterocycles. The Hall–Kier alpha value is -2.07. The summed E-state index contributed by atoms with van der Waals surface area (Å²) >= 11 is 3.48. The molecule has 2 aromatic carbocycles.